The highest BCUT2D eigenvalue weighted by atomic mass is 16.5. The third-order valence-electron chi connectivity index (χ3n) is 4.90. The number of carbonyl (C=O) groups excluding carboxylic acids is 1. The third-order valence-corrected chi connectivity index (χ3v) is 4.90. The molecule has 7 heteroatoms. The highest BCUT2D eigenvalue weighted by Gasteiger charge is 2.32. The summed E-state index contributed by atoms with van der Waals surface area (Å²) in [5.74, 6) is 1.41. The monoisotopic (exact) mass is 365 g/mol. The average molecular weight is 365 g/mol. The third kappa shape index (κ3) is 3.58. The van der Waals surface area contributed by atoms with E-state index in [1.165, 1.54) is 0 Å². The molecule has 7 nitrogen and oxygen atoms in total. The largest absolute Gasteiger partial charge is 0.493 e. The first-order valence-electron chi connectivity index (χ1n) is 9.30. The average Bonchev–Trinajstić information content (AvgIpc) is 3.34. The number of aryl methyl sites for hydroxylation is 2. The van der Waals surface area contributed by atoms with Crippen molar-refractivity contribution in [1.82, 2.24) is 19.7 Å². The second-order valence-corrected chi connectivity index (χ2v) is 6.66. The number of amides is 1. The Morgan fingerprint density at radius 3 is 3.04 bits per heavy atom. The number of para-hydroxylation sites is 1. The number of ether oxygens (including phenoxy) is 1. The molecule has 3 aromatic rings. The van der Waals surface area contributed by atoms with Crippen LogP contribution < -0.4 is 10.1 Å². The van der Waals surface area contributed by atoms with E-state index < -0.39 is 0 Å². The van der Waals surface area contributed by atoms with Gasteiger partial charge in [-0.05, 0) is 18.9 Å². The maximum absolute atomic E-state index is 12.2. The molecule has 2 N–H and O–H groups in total. The number of aromatic amines is 1. The van der Waals surface area contributed by atoms with Gasteiger partial charge < -0.3 is 14.6 Å². The lowest BCUT2D eigenvalue weighted by atomic mass is 9.84. The number of anilines is 1. The van der Waals surface area contributed by atoms with Gasteiger partial charge in [0.25, 0.3) is 0 Å². The van der Waals surface area contributed by atoms with Gasteiger partial charge in [-0.25, -0.2) is 4.98 Å². The summed E-state index contributed by atoms with van der Waals surface area (Å²) >= 11 is 0. The summed E-state index contributed by atoms with van der Waals surface area (Å²) in [4.78, 5) is 16.2. The maximum atomic E-state index is 12.2. The number of rotatable bonds is 7. The molecule has 140 valence electrons. The second-order valence-electron chi connectivity index (χ2n) is 6.66. The Kier molecular flexibility index (Phi) is 4.91. The summed E-state index contributed by atoms with van der Waals surface area (Å²) < 4.78 is 8.13. The molecule has 1 amide bonds. The molecular weight excluding hydrogens is 342 g/mol. The molecule has 0 bridgehead atoms. The molecule has 1 aliphatic heterocycles. The predicted octanol–water partition coefficient (Wildman–Crippen LogP) is 3.11. The van der Waals surface area contributed by atoms with Crippen LogP contribution in [-0.4, -0.2) is 32.3 Å². The lowest BCUT2D eigenvalue weighted by molar-refractivity contribution is -0.116. The van der Waals surface area contributed by atoms with Crippen molar-refractivity contribution in [3.8, 4) is 5.75 Å². The number of nitrogens with one attached hydrogen (secondary N) is 2. The number of hydrogen-bond acceptors (Lipinski definition) is 4. The van der Waals surface area contributed by atoms with Gasteiger partial charge in [0.2, 0.25) is 5.91 Å². The van der Waals surface area contributed by atoms with E-state index in [2.05, 4.69) is 27.4 Å². The minimum absolute atomic E-state index is 0.0171. The van der Waals surface area contributed by atoms with Crippen molar-refractivity contribution in [1.29, 1.82) is 0 Å². The van der Waals surface area contributed by atoms with Gasteiger partial charge in [-0.15, -0.1) is 0 Å². The summed E-state index contributed by atoms with van der Waals surface area (Å²) in [6.45, 7) is 3.55. The summed E-state index contributed by atoms with van der Waals surface area (Å²) in [5, 5.41) is 10.2. The molecule has 0 aliphatic carbocycles. The molecule has 4 rings (SSSR count). The smallest absolute Gasteiger partial charge is 0.226 e. The number of hydrogen-bond donors (Lipinski definition) is 2. The van der Waals surface area contributed by atoms with Crippen molar-refractivity contribution in [3.63, 3.8) is 0 Å². The first-order chi connectivity index (χ1) is 13.3. The Bertz CT molecular complexity index is 916. The van der Waals surface area contributed by atoms with Gasteiger partial charge in [0, 0.05) is 48.1 Å². The number of nitrogens with zero attached hydrogens (tertiary/aromatic N) is 3. The minimum atomic E-state index is -0.0488. The number of aromatic nitrogens is 4. The van der Waals surface area contributed by atoms with Gasteiger partial charge in [0.1, 0.15) is 5.75 Å². The van der Waals surface area contributed by atoms with E-state index in [-0.39, 0.29) is 11.8 Å². The molecule has 27 heavy (non-hydrogen) atoms. The summed E-state index contributed by atoms with van der Waals surface area (Å²) in [7, 11) is 0. The van der Waals surface area contributed by atoms with Crippen LogP contribution in [0.2, 0.25) is 0 Å². The number of benzene rings is 1. The van der Waals surface area contributed by atoms with E-state index in [0.29, 0.717) is 18.8 Å². The number of imidazole rings is 1. The maximum Gasteiger partial charge on any atom is 0.226 e. The van der Waals surface area contributed by atoms with Crippen LogP contribution in [0.25, 0.3) is 0 Å². The zero-order chi connectivity index (χ0) is 18.6. The Hall–Kier alpha value is -3.09. The van der Waals surface area contributed by atoms with Gasteiger partial charge in [-0.2, -0.15) is 5.10 Å². The van der Waals surface area contributed by atoms with Gasteiger partial charge in [-0.3, -0.25) is 9.89 Å². The number of carbonyl (C=O) groups is 1. The Balaban J connectivity index is 1.54. The fraction of sp³-hybridized carbons (Fsp3) is 0.350. The molecule has 0 fully saturated rings. The zero-order valence-corrected chi connectivity index (χ0v) is 15.3. The van der Waals surface area contributed by atoms with Crippen molar-refractivity contribution < 1.29 is 9.53 Å². The van der Waals surface area contributed by atoms with Gasteiger partial charge in [0.15, 0.2) is 5.82 Å². The Morgan fingerprint density at radius 1 is 1.33 bits per heavy atom. The van der Waals surface area contributed by atoms with E-state index in [4.69, 9.17) is 4.74 Å². The van der Waals surface area contributed by atoms with Crippen LogP contribution in [0.4, 0.5) is 5.82 Å². The second kappa shape index (κ2) is 7.65. The van der Waals surface area contributed by atoms with E-state index in [0.717, 1.165) is 42.0 Å². The van der Waals surface area contributed by atoms with Gasteiger partial charge in [-0.1, -0.05) is 25.1 Å². The first-order valence-corrected chi connectivity index (χ1v) is 9.30. The summed E-state index contributed by atoms with van der Waals surface area (Å²) in [6.07, 6.45) is 7.64. The van der Waals surface area contributed by atoms with Crippen LogP contribution in [0.15, 0.2) is 43.0 Å². The lowest BCUT2D eigenvalue weighted by Gasteiger charge is -2.25. The molecule has 1 atom stereocenters. The van der Waals surface area contributed by atoms with Crippen molar-refractivity contribution in [3.05, 3.63) is 59.8 Å². The van der Waals surface area contributed by atoms with E-state index >= 15 is 0 Å². The van der Waals surface area contributed by atoms with Crippen LogP contribution in [-0.2, 0) is 17.8 Å². The van der Waals surface area contributed by atoms with Gasteiger partial charge in [0.05, 0.1) is 12.9 Å². The van der Waals surface area contributed by atoms with Crippen LogP contribution >= 0.6 is 0 Å². The fourth-order valence-corrected chi connectivity index (χ4v) is 3.61. The first kappa shape index (κ1) is 17.3. The molecule has 0 spiro atoms. The fourth-order valence-electron chi connectivity index (χ4n) is 3.61. The standard InChI is InChI=1S/C20H23N5O2/c1-2-16-19-15(12-18(26)22-20(19)24-23-16)14-6-3-4-7-17(14)27-11-5-9-25-10-8-21-13-25/h3-4,6-8,10,13,15H,2,5,9,11-12H2,1H3,(H2,22,23,24,26). The molecular formula is C20H23N5O2. The molecule has 1 aromatic carbocycles. The molecule has 1 unspecified atom stereocenters. The van der Waals surface area contributed by atoms with Crippen molar-refractivity contribution in [2.45, 2.75) is 38.6 Å². The Morgan fingerprint density at radius 2 is 2.22 bits per heavy atom. The molecule has 1 aliphatic rings. The highest BCUT2D eigenvalue weighted by Crippen LogP contribution is 2.41. The highest BCUT2D eigenvalue weighted by molar-refractivity contribution is 5.94. The molecule has 0 radical (unpaired) electrons. The molecule has 3 heterocycles. The van der Waals surface area contributed by atoms with Crippen LogP contribution in [0, 0.1) is 0 Å². The quantitative estimate of drug-likeness (QED) is 0.630. The molecule has 0 saturated heterocycles. The topological polar surface area (TPSA) is 84.8 Å². The summed E-state index contributed by atoms with van der Waals surface area (Å²) in [5.41, 5.74) is 3.17. The zero-order valence-electron chi connectivity index (χ0n) is 15.3. The van der Waals surface area contributed by atoms with Crippen LogP contribution in [0.3, 0.4) is 0 Å². The van der Waals surface area contributed by atoms with E-state index in [9.17, 15) is 4.79 Å². The van der Waals surface area contributed by atoms with Gasteiger partial charge >= 0.3 is 0 Å². The SMILES string of the molecule is CCc1[nH]nc2c1C(c1ccccc1OCCCn1ccnc1)CC(=O)N2. The molecule has 0 saturated carbocycles. The molecule has 2 aromatic heterocycles. The van der Waals surface area contributed by atoms with Crippen molar-refractivity contribution >= 4 is 11.7 Å². The van der Waals surface area contributed by atoms with Crippen LogP contribution in [0.1, 0.15) is 42.5 Å². The number of fused-ring (bicyclic) bond motifs is 1. The lowest BCUT2D eigenvalue weighted by Crippen LogP contribution is -2.24. The van der Waals surface area contributed by atoms with Crippen molar-refractivity contribution in [2.24, 2.45) is 0 Å². The predicted molar refractivity (Wildman–Crippen MR) is 102 cm³/mol. The number of H-pyrrole nitrogens is 1. The van der Waals surface area contributed by atoms with E-state index in [1.54, 1.807) is 12.5 Å². The van der Waals surface area contributed by atoms with E-state index in [1.807, 2.05) is 35.0 Å². The summed E-state index contributed by atoms with van der Waals surface area (Å²) in [6, 6.07) is 7.98. The Labute approximate surface area is 157 Å². The normalized spacial score (nSPS) is 16.0. The van der Waals surface area contributed by atoms with Crippen molar-refractivity contribution in [2.75, 3.05) is 11.9 Å². The minimum Gasteiger partial charge on any atom is -0.493 e. The van der Waals surface area contributed by atoms with Crippen LogP contribution in [0.5, 0.6) is 5.75 Å².